The van der Waals surface area contributed by atoms with E-state index in [9.17, 15) is 9.59 Å². The van der Waals surface area contributed by atoms with Gasteiger partial charge in [-0.3, -0.25) is 19.4 Å². The Hall–Kier alpha value is -6.28. The quantitative estimate of drug-likeness (QED) is 0.134. The number of carbonyl (C=O) groups is 2. The third kappa shape index (κ3) is 8.23. The maximum atomic E-state index is 14.3. The van der Waals surface area contributed by atoms with Crippen molar-refractivity contribution in [3.8, 4) is 34.4 Å². The van der Waals surface area contributed by atoms with Crippen LogP contribution in [0.15, 0.2) is 122 Å². The van der Waals surface area contributed by atoms with Crippen molar-refractivity contribution in [1.29, 1.82) is 0 Å². The van der Waals surface area contributed by atoms with Crippen LogP contribution in [0.5, 0.6) is 0 Å². The van der Waals surface area contributed by atoms with Crippen LogP contribution in [0.3, 0.4) is 0 Å². The lowest BCUT2D eigenvalue weighted by molar-refractivity contribution is -0.138. The normalized spacial score (nSPS) is 20.3. The molecule has 10 heteroatoms. The molecule has 0 spiro atoms. The van der Waals surface area contributed by atoms with Crippen LogP contribution >= 0.6 is 0 Å². The number of H-pyrrole nitrogens is 2. The second kappa shape index (κ2) is 18.0. The minimum atomic E-state index is -0.254. The van der Waals surface area contributed by atoms with E-state index in [2.05, 4.69) is 89.9 Å². The monoisotopic (exact) mass is 822 g/mol. The Labute approximate surface area is 364 Å². The molecule has 2 aromatic heterocycles. The summed E-state index contributed by atoms with van der Waals surface area (Å²) in [6.45, 7) is 5.30. The third-order valence-electron chi connectivity index (χ3n) is 13.3. The molecule has 2 amide bonds. The fraction of sp³-hybridized carbons (Fsp3) is 0.346. The molecule has 4 aliphatic heterocycles. The van der Waals surface area contributed by atoms with Crippen molar-refractivity contribution in [2.75, 3.05) is 39.3 Å². The van der Waals surface area contributed by atoms with Gasteiger partial charge in [-0.1, -0.05) is 96.8 Å². The number of benzene rings is 4. The van der Waals surface area contributed by atoms with E-state index in [0.717, 1.165) is 147 Å². The van der Waals surface area contributed by atoms with Crippen molar-refractivity contribution >= 4 is 11.8 Å². The highest BCUT2D eigenvalue weighted by molar-refractivity contribution is 5.85. The molecule has 4 aromatic carbocycles. The first-order chi connectivity index (χ1) is 30.6. The molecule has 4 saturated heterocycles. The number of nitrogens with one attached hydrogen (secondary N) is 2. The van der Waals surface area contributed by atoms with Gasteiger partial charge in [0.05, 0.1) is 35.9 Å². The zero-order valence-electron chi connectivity index (χ0n) is 35.3. The van der Waals surface area contributed by atoms with Crippen LogP contribution in [0.1, 0.15) is 109 Å². The van der Waals surface area contributed by atoms with Gasteiger partial charge in [0.15, 0.2) is 0 Å². The average molecular weight is 823 g/mol. The topological polar surface area (TPSA) is 104 Å². The van der Waals surface area contributed by atoms with E-state index in [4.69, 9.17) is 9.97 Å². The Balaban J connectivity index is 0.781. The second-order valence-corrected chi connectivity index (χ2v) is 17.3. The zero-order valence-corrected chi connectivity index (χ0v) is 35.3. The van der Waals surface area contributed by atoms with Gasteiger partial charge in [-0.05, 0) is 124 Å². The molecule has 314 valence electrons. The molecule has 0 bridgehead atoms. The molecule has 0 aliphatic carbocycles. The first kappa shape index (κ1) is 39.8. The molecule has 6 heterocycles. The summed E-state index contributed by atoms with van der Waals surface area (Å²) in [7, 11) is 0. The molecule has 62 heavy (non-hydrogen) atoms. The molecule has 0 unspecified atom stereocenters. The van der Waals surface area contributed by atoms with E-state index in [1.807, 2.05) is 73.1 Å². The highest BCUT2D eigenvalue weighted by Gasteiger charge is 2.41. The lowest BCUT2D eigenvalue weighted by Crippen LogP contribution is -2.42. The molecule has 10 nitrogen and oxygen atoms in total. The Morgan fingerprint density at radius 3 is 1.27 bits per heavy atom. The first-order valence-electron chi connectivity index (χ1n) is 22.6. The van der Waals surface area contributed by atoms with Crippen molar-refractivity contribution in [2.24, 2.45) is 0 Å². The van der Waals surface area contributed by atoms with Crippen LogP contribution in [0.25, 0.3) is 22.5 Å². The van der Waals surface area contributed by atoms with E-state index in [1.54, 1.807) is 0 Å². The maximum absolute atomic E-state index is 14.3. The first-order valence-corrected chi connectivity index (χ1v) is 22.6. The van der Waals surface area contributed by atoms with E-state index in [1.165, 1.54) is 0 Å². The van der Waals surface area contributed by atoms with Crippen LogP contribution in [0.2, 0.25) is 0 Å². The summed E-state index contributed by atoms with van der Waals surface area (Å²) in [5.41, 5.74) is 7.91. The van der Waals surface area contributed by atoms with Gasteiger partial charge < -0.3 is 19.8 Å². The number of hydrogen-bond acceptors (Lipinski definition) is 6. The predicted molar refractivity (Wildman–Crippen MR) is 241 cm³/mol. The molecule has 6 aromatic rings. The number of imidazole rings is 2. The zero-order chi connectivity index (χ0) is 41.8. The van der Waals surface area contributed by atoms with Gasteiger partial charge in [0.25, 0.3) is 0 Å². The van der Waals surface area contributed by atoms with Crippen molar-refractivity contribution in [3.63, 3.8) is 0 Å². The fourth-order valence-corrected chi connectivity index (χ4v) is 10.1. The maximum Gasteiger partial charge on any atom is 0.245 e. The second-order valence-electron chi connectivity index (χ2n) is 17.3. The Kier molecular flexibility index (Phi) is 11.6. The van der Waals surface area contributed by atoms with Crippen molar-refractivity contribution < 1.29 is 9.59 Å². The van der Waals surface area contributed by atoms with Crippen LogP contribution in [0.4, 0.5) is 0 Å². The van der Waals surface area contributed by atoms with E-state index in [-0.39, 0.29) is 36.0 Å². The van der Waals surface area contributed by atoms with E-state index >= 15 is 0 Å². The fourth-order valence-electron chi connectivity index (χ4n) is 10.1. The Bertz CT molecular complexity index is 2350. The molecule has 4 aliphatic rings. The van der Waals surface area contributed by atoms with Crippen LogP contribution in [-0.4, -0.2) is 90.6 Å². The molecule has 2 N–H and O–H groups in total. The molecule has 10 rings (SSSR count). The summed E-state index contributed by atoms with van der Waals surface area (Å²) < 4.78 is 0. The smallest absolute Gasteiger partial charge is 0.245 e. The molecular formula is C52H54N8O2. The summed E-state index contributed by atoms with van der Waals surface area (Å²) in [6, 6.07) is 36.3. The Morgan fingerprint density at radius 1 is 0.500 bits per heavy atom. The number of hydrogen-bond donors (Lipinski definition) is 2. The summed E-state index contributed by atoms with van der Waals surface area (Å²) in [5, 5.41) is 0. The number of aromatic amines is 2. The van der Waals surface area contributed by atoms with Crippen LogP contribution in [0, 0.1) is 11.8 Å². The molecule has 0 radical (unpaired) electrons. The Morgan fingerprint density at radius 2 is 0.887 bits per heavy atom. The van der Waals surface area contributed by atoms with Gasteiger partial charge in [-0.15, -0.1) is 0 Å². The number of aromatic nitrogens is 4. The average Bonchev–Trinajstić information content (AvgIpc) is 4.17. The summed E-state index contributed by atoms with van der Waals surface area (Å²) in [4.78, 5) is 54.1. The van der Waals surface area contributed by atoms with Gasteiger partial charge in [0.2, 0.25) is 11.8 Å². The van der Waals surface area contributed by atoms with Gasteiger partial charge >= 0.3 is 0 Å². The van der Waals surface area contributed by atoms with Crippen molar-refractivity contribution in [2.45, 2.75) is 75.5 Å². The summed E-state index contributed by atoms with van der Waals surface area (Å²) >= 11 is 0. The van der Waals surface area contributed by atoms with Gasteiger partial charge in [0.1, 0.15) is 23.7 Å². The minimum absolute atomic E-state index is 0.0666. The highest BCUT2D eigenvalue weighted by Crippen LogP contribution is 2.38. The van der Waals surface area contributed by atoms with Crippen LogP contribution in [-0.2, 0) is 9.59 Å². The van der Waals surface area contributed by atoms with Gasteiger partial charge in [0, 0.05) is 24.2 Å². The molecular weight excluding hydrogens is 769 g/mol. The number of rotatable bonds is 10. The molecule has 4 atom stereocenters. The number of likely N-dealkylation sites (tertiary alicyclic amines) is 4. The lowest BCUT2D eigenvalue weighted by Gasteiger charge is -2.33. The van der Waals surface area contributed by atoms with Gasteiger partial charge in [-0.2, -0.15) is 0 Å². The summed E-state index contributed by atoms with van der Waals surface area (Å²) in [5.74, 6) is 8.70. The number of nitrogens with zero attached hydrogens (tertiary/aromatic N) is 6. The van der Waals surface area contributed by atoms with Crippen molar-refractivity contribution in [3.05, 3.63) is 155 Å². The minimum Gasteiger partial charge on any atom is -0.340 e. The summed E-state index contributed by atoms with van der Waals surface area (Å²) in [6.07, 6.45) is 12.0. The standard InChI is InChI=1S/C52H54N8O2/c61-51(47(57-29-7-8-30-57)41-13-3-1-4-14-41)59-33-11-17-45(59)49-53-35-43(55-49)39-25-21-37(22-26-39)19-20-38-23-27-40(28-24-38)44-36-54-50(56-44)46-18-12-34-60(46)52(62)48(58-31-9-10-32-58)42-15-5-2-6-16-42/h1-6,13-16,21-28,35-36,45-48H,7-12,17-18,29-34H2,(H,53,55)(H,54,56)/t45-,46-,47+,48+/m0/s1. The van der Waals surface area contributed by atoms with Crippen molar-refractivity contribution in [1.82, 2.24) is 39.5 Å². The number of carbonyl (C=O) groups excluding carboxylic acids is 2. The van der Waals surface area contributed by atoms with Gasteiger partial charge in [-0.25, -0.2) is 9.97 Å². The largest absolute Gasteiger partial charge is 0.340 e. The van der Waals surface area contributed by atoms with E-state index in [0.29, 0.717) is 0 Å². The SMILES string of the molecule is O=C([C@@H](c1ccccc1)N1CCCC1)N1CCC[C@H]1c1ncc(-c2ccc(C#Cc3ccc(-c4cnc([C@@H]5CCCN5C(=O)[C@@H](c5ccccc5)N5CCCC5)[nH]4)cc3)cc2)[nH]1. The predicted octanol–water partition coefficient (Wildman–Crippen LogP) is 8.87. The lowest BCUT2D eigenvalue weighted by atomic mass is 10.0. The molecule has 0 saturated carbocycles. The van der Waals surface area contributed by atoms with E-state index < -0.39 is 0 Å². The highest BCUT2D eigenvalue weighted by atomic mass is 16.2. The third-order valence-corrected chi connectivity index (χ3v) is 13.3. The number of amides is 2. The molecule has 4 fully saturated rings. The van der Waals surface area contributed by atoms with Crippen LogP contribution < -0.4 is 0 Å².